The van der Waals surface area contributed by atoms with Gasteiger partial charge in [0.25, 0.3) is 0 Å². The first-order valence-corrected chi connectivity index (χ1v) is 6.30. The highest BCUT2D eigenvalue weighted by atomic mass is 35.5. The third-order valence-corrected chi connectivity index (χ3v) is 2.96. The van der Waals surface area contributed by atoms with Crippen LogP contribution in [0, 0.1) is 13.8 Å². The number of hydrogen-bond acceptors (Lipinski definition) is 5. The molecule has 1 heterocycles. The van der Waals surface area contributed by atoms with Crippen LogP contribution in [-0.4, -0.2) is 9.97 Å². The topological polar surface area (TPSA) is 75.9 Å². The summed E-state index contributed by atoms with van der Waals surface area (Å²) in [5, 5.41) is 4.26. The van der Waals surface area contributed by atoms with Crippen LogP contribution < -0.4 is 16.6 Å². The van der Waals surface area contributed by atoms with E-state index in [4.69, 9.17) is 29.0 Å². The first-order chi connectivity index (χ1) is 8.99. The summed E-state index contributed by atoms with van der Waals surface area (Å²) in [7, 11) is 0. The van der Waals surface area contributed by atoms with Crippen LogP contribution in [0.4, 0.5) is 17.3 Å². The fourth-order valence-electron chi connectivity index (χ4n) is 1.65. The highest BCUT2D eigenvalue weighted by molar-refractivity contribution is 6.35. The number of nitrogens with one attached hydrogen (secondary N) is 2. The van der Waals surface area contributed by atoms with Gasteiger partial charge in [0.15, 0.2) is 0 Å². The van der Waals surface area contributed by atoms with E-state index in [0.29, 0.717) is 27.5 Å². The molecule has 2 aromatic rings. The quantitative estimate of drug-likeness (QED) is 0.598. The normalized spacial score (nSPS) is 10.4. The molecule has 100 valence electrons. The number of aryl methyl sites for hydroxylation is 1. The second-order valence-corrected chi connectivity index (χ2v) is 4.89. The maximum Gasteiger partial charge on any atom is 0.148 e. The van der Waals surface area contributed by atoms with Crippen molar-refractivity contribution in [1.29, 1.82) is 0 Å². The third kappa shape index (κ3) is 3.26. The van der Waals surface area contributed by atoms with E-state index < -0.39 is 0 Å². The Morgan fingerprint density at radius 3 is 2.16 bits per heavy atom. The highest BCUT2D eigenvalue weighted by Crippen LogP contribution is 2.27. The summed E-state index contributed by atoms with van der Waals surface area (Å²) in [6.45, 7) is 3.65. The van der Waals surface area contributed by atoms with Crippen LogP contribution in [-0.2, 0) is 0 Å². The molecule has 0 unspecified atom stereocenters. The smallest absolute Gasteiger partial charge is 0.148 e. The predicted octanol–water partition coefficient (Wildman–Crippen LogP) is 3.43. The van der Waals surface area contributed by atoms with E-state index >= 15 is 0 Å². The van der Waals surface area contributed by atoms with E-state index in [-0.39, 0.29) is 0 Å². The molecule has 0 saturated carbocycles. The van der Waals surface area contributed by atoms with Gasteiger partial charge in [-0.05, 0) is 32.0 Å². The molecule has 5 nitrogen and oxygen atoms in total. The summed E-state index contributed by atoms with van der Waals surface area (Å²) in [5.41, 5.74) is 4.10. The molecule has 0 saturated heterocycles. The van der Waals surface area contributed by atoms with E-state index in [2.05, 4.69) is 20.7 Å². The van der Waals surface area contributed by atoms with Crippen molar-refractivity contribution in [3.8, 4) is 0 Å². The lowest BCUT2D eigenvalue weighted by Crippen LogP contribution is -2.13. The van der Waals surface area contributed by atoms with Gasteiger partial charge in [-0.25, -0.2) is 15.8 Å². The Kier molecular flexibility index (Phi) is 4.09. The molecule has 4 N–H and O–H groups in total. The van der Waals surface area contributed by atoms with Gasteiger partial charge in [0.05, 0.1) is 0 Å². The average molecular weight is 298 g/mol. The third-order valence-electron chi connectivity index (χ3n) is 2.52. The minimum Gasteiger partial charge on any atom is -0.340 e. The van der Waals surface area contributed by atoms with Crippen molar-refractivity contribution < 1.29 is 0 Å². The number of halogens is 2. The van der Waals surface area contributed by atoms with Crippen molar-refractivity contribution in [2.75, 3.05) is 10.7 Å². The molecule has 0 aliphatic carbocycles. The summed E-state index contributed by atoms with van der Waals surface area (Å²) in [4.78, 5) is 8.52. The molecule has 0 radical (unpaired) electrons. The minimum atomic E-state index is 0.551. The Bertz CT molecular complexity index is 595. The van der Waals surface area contributed by atoms with Crippen molar-refractivity contribution in [2.24, 2.45) is 5.84 Å². The summed E-state index contributed by atoms with van der Waals surface area (Å²) < 4.78 is 0. The molecule has 0 fully saturated rings. The van der Waals surface area contributed by atoms with Crippen LogP contribution in [0.5, 0.6) is 0 Å². The number of benzene rings is 1. The van der Waals surface area contributed by atoms with Crippen LogP contribution in [0.1, 0.15) is 11.4 Å². The SMILES string of the molecule is Cc1nc(NN)c(C)c(Nc2cc(Cl)cc(Cl)c2)n1. The van der Waals surface area contributed by atoms with Gasteiger partial charge in [-0.2, -0.15) is 0 Å². The second-order valence-electron chi connectivity index (χ2n) is 4.02. The van der Waals surface area contributed by atoms with E-state index in [9.17, 15) is 0 Å². The first-order valence-electron chi connectivity index (χ1n) is 5.54. The van der Waals surface area contributed by atoms with E-state index in [1.54, 1.807) is 25.1 Å². The maximum atomic E-state index is 5.96. The Labute approximate surface area is 121 Å². The lowest BCUT2D eigenvalue weighted by Gasteiger charge is -2.12. The maximum absolute atomic E-state index is 5.96. The van der Waals surface area contributed by atoms with Crippen LogP contribution in [0.25, 0.3) is 0 Å². The predicted molar refractivity (Wildman–Crippen MR) is 79.1 cm³/mol. The molecular weight excluding hydrogens is 285 g/mol. The van der Waals surface area contributed by atoms with Crippen LogP contribution in [0.15, 0.2) is 18.2 Å². The average Bonchev–Trinajstić information content (AvgIpc) is 2.32. The van der Waals surface area contributed by atoms with Crippen molar-refractivity contribution in [3.05, 3.63) is 39.6 Å². The Hall–Kier alpha value is -1.56. The molecule has 0 aliphatic heterocycles. The number of rotatable bonds is 3. The lowest BCUT2D eigenvalue weighted by molar-refractivity contribution is 1.03. The van der Waals surface area contributed by atoms with Crippen molar-refractivity contribution >= 4 is 40.5 Å². The zero-order chi connectivity index (χ0) is 14.0. The fraction of sp³-hybridized carbons (Fsp3) is 0.167. The molecule has 2 rings (SSSR count). The molecule has 0 bridgehead atoms. The van der Waals surface area contributed by atoms with Gasteiger partial charge in [-0.15, -0.1) is 0 Å². The summed E-state index contributed by atoms with van der Waals surface area (Å²) in [6, 6.07) is 5.19. The van der Waals surface area contributed by atoms with E-state index in [1.807, 2.05) is 6.92 Å². The second kappa shape index (κ2) is 5.61. The van der Waals surface area contributed by atoms with Crippen LogP contribution in [0.3, 0.4) is 0 Å². The zero-order valence-corrected chi connectivity index (χ0v) is 12.0. The van der Waals surface area contributed by atoms with Crippen LogP contribution >= 0.6 is 23.2 Å². The van der Waals surface area contributed by atoms with Crippen molar-refractivity contribution in [3.63, 3.8) is 0 Å². The Balaban J connectivity index is 2.40. The molecule has 0 atom stereocenters. The van der Waals surface area contributed by atoms with Crippen molar-refractivity contribution in [1.82, 2.24) is 9.97 Å². The molecule has 0 aliphatic rings. The molecule has 0 amide bonds. The number of aromatic nitrogens is 2. The number of anilines is 3. The number of nitrogens with two attached hydrogens (primary N) is 1. The summed E-state index contributed by atoms with van der Waals surface area (Å²) >= 11 is 11.9. The summed E-state index contributed by atoms with van der Waals surface area (Å²) in [6.07, 6.45) is 0. The van der Waals surface area contributed by atoms with E-state index in [0.717, 1.165) is 11.3 Å². The van der Waals surface area contributed by atoms with Gasteiger partial charge in [-0.3, -0.25) is 0 Å². The number of nitrogen functional groups attached to an aromatic ring is 1. The summed E-state index contributed by atoms with van der Waals surface area (Å²) in [5.74, 6) is 7.25. The van der Waals surface area contributed by atoms with Gasteiger partial charge in [-0.1, -0.05) is 23.2 Å². The van der Waals surface area contributed by atoms with Gasteiger partial charge in [0, 0.05) is 21.3 Å². The van der Waals surface area contributed by atoms with E-state index in [1.165, 1.54) is 0 Å². The molecule has 1 aromatic heterocycles. The molecule has 19 heavy (non-hydrogen) atoms. The molecule has 1 aromatic carbocycles. The zero-order valence-electron chi connectivity index (χ0n) is 10.5. The lowest BCUT2D eigenvalue weighted by atomic mass is 10.2. The monoisotopic (exact) mass is 297 g/mol. The largest absolute Gasteiger partial charge is 0.340 e. The molecule has 0 spiro atoms. The van der Waals surface area contributed by atoms with Crippen LogP contribution in [0.2, 0.25) is 10.0 Å². The first kappa shape index (κ1) is 13.9. The fourth-order valence-corrected chi connectivity index (χ4v) is 2.18. The van der Waals surface area contributed by atoms with Crippen molar-refractivity contribution in [2.45, 2.75) is 13.8 Å². The number of hydrogen-bond donors (Lipinski definition) is 3. The Morgan fingerprint density at radius 2 is 1.58 bits per heavy atom. The van der Waals surface area contributed by atoms with Gasteiger partial charge in [0.1, 0.15) is 17.5 Å². The number of nitrogens with zero attached hydrogens (tertiary/aromatic N) is 2. The highest BCUT2D eigenvalue weighted by Gasteiger charge is 2.09. The van der Waals surface area contributed by atoms with Gasteiger partial charge >= 0.3 is 0 Å². The number of hydrazine groups is 1. The molecular formula is C12H13Cl2N5. The molecule has 7 heteroatoms. The standard InChI is InChI=1S/C12H13Cl2N5/c1-6-11(16-7(2)17-12(6)19-15)18-10-4-8(13)3-9(14)5-10/h3-5H,15H2,1-2H3,(H2,16,17,18,19). The Morgan fingerprint density at radius 1 is 1.00 bits per heavy atom. The minimum absolute atomic E-state index is 0.551. The van der Waals surface area contributed by atoms with Gasteiger partial charge < -0.3 is 10.7 Å². The van der Waals surface area contributed by atoms with Gasteiger partial charge in [0.2, 0.25) is 0 Å².